The molecule has 0 aliphatic carbocycles. The summed E-state index contributed by atoms with van der Waals surface area (Å²) in [7, 11) is 0. The van der Waals surface area contributed by atoms with Gasteiger partial charge in [0.25, 0.3) is 0 Å². The predicted octanol–water partition coefficient (Wildman–Crippen LogP) is 3.60. The van der Waals surface area contributed by atoms with Crippen LogP contribution in [0, 0.1) is 0 Å². The minimum atomic E-state index is -0.0832. The fourth-order valence-corrected chi connectivity index (χ4v) is 4.64. The molecule has 1 amide bonds. The molecule has 1 unspecified atom stereocenters. The number of nitrogens with zero attached hydrogens (tertiary/aromatic N) is 3. The van der Waals surface area contributed by atoms with Crippen molar-refractivity contribution >= 4 is 34.2 Å². The van der Waals surface area contributed by atoms with Gasteiger partial charge in [-0.3, -0.25) is 4.79 Å². The van der Waals surface area contributed by atoms with Gasteiger partial charge in [-0.1, -0.05) is 17.7 Å². The van der Waals surface area contributed by atoms with Crippen LogP contribution in [0.25, 0.3) is 10.9 Å². The number of halogens is 1. The summed E-state index contributed by atoms with van der Waals surface area (Å²) in [6, 6.07) is 8.52. The van der Waals surface area contributed by atoms with E-state index in [1.165, 1.54) is 5.56 Å². The number of piperazine rings is 1. The van der Waals surface area contributed by atoms with Crippen molar-refractivity contribution in [3.05, 3.63) is 34.9 Å². The monoisotopic (exact) mass is 430 g/mol. The number of carbonyl (C=O) groups excluding carboxylic acids is 1. The molecule has 0 radical (unpaired) electrons. The van der Waals surface area contributed by atoms with Crippen molar-refractivity contribution in [3.63, 3.8) is 0 Å². The molecule has 6 nitrogen and oxygen atoms in total. The van der Waals surface area contributed by atoms with Gasteiger partial charge in [-0.25, -0.2) is 4.98 Å². The third-order valence-electron chi connectivity index (χ3n) is 6.14. The number of benzene rings is 1. The van der Waals surface area contributed by atoms with Gasteiger partial charge in [-0.05, 0) is 44.9 Å². The Labute approximate surface area is 183 Å². The summed E-state index contributed by atoms with van der Waals surface area (Å²) in [6.45, 7) is 10.5. The summed E-state index contributed by atoms with van der Waals surface area (Å²) in [5.74, 6) is 1.13. The zero-order valence-corrected chi connectivity index (χ0v) is 18.8. The topological polar surface area (TPSA) is 57.7 Å². The molecular formula is C23H31ClN4O2. The van der Waals surface area contributed by atoms with E-state index in [0.29, 0.717) is 11.1 Å². The Morgan fingerprint density at radius 2 is 2.03 bits per heavy atom. The molecule has 1 aromatic carbocycles. The van der Waals surface area contributed by atoms with Gasteiger partial charge in [-0.2, -0.15) is 0 Å². The normalized spacial score (nSPS) is 21.8. The summed E-state index contributed by atoms with van der Waals surface area (Å²) in [5, 5.41) is 5.52. The van der Waals surface area contributed by atoms with Crippen molar-refractivity contribution in [2.75, 3.05) is 37.7 Å². The Bertz CT molecular complexity index is 925. The molecule has 2 aliphatic heterocycles. The number of aromatic nitrogens is 1. The third kappa shape index (κ3) is 4.88. The van der Waals surface area contributed by atoms with Crippen LogP contribution >= 0.6 is 11.6 Å². The Hall–Kier alpha value is -1.89. The van der Waals surface area contributed by atoms with Gasteiger partial charge in [0.1, 0.15) is 5.82 Å². The van der Waals surface area contributed by atoms with Gasteiger partial charge >= 0.3 is 0 Å². The largest absolute Gasteiger partial charge is 0.375 e. The summed E-state index contributed by atoms with van der Waals surface area (Å²) in [6.07, 6.45) is 2.02. The molecule has 1 atom stereocenters. The lowest BCUT2D eigenvalue weighted by Gasteiger charge is -2.37. The van der Waals surface area contributed by atoms with Crippen LogP contribution in [0.4, 0.5) is 5.82 Å². The average Bonchev–Trinajstić information content (AvgIpc) is 2.71. The first-order valence-corrected chi connectivity index (χ1v) is 11.2. The van der Waals surface area contributed by atoms with Crippen LogP contribution in [-0.4, -0.2) is 60.2 Å². The molecule has 3 heterocycles. The van der Waals surface area contributed by atoms with E-state index in [2.05, 4.69) is 30.1 Å². The predicted molar refractivity (Wildman–Crippen MR) is 121 cm³/mol. The van der Waals surface area contributed by atoms with E-state index in [-0.39, 0.29) is 11.5 Å². The first-order chi connectivity index (χ1) is 14.3. The first-order valence-electron chi connectivity index (χ1n) is 10.8. The maximum Gasteiger partial charge on any atom is 0.219 e. The molecule has 2 saturated heterocycles. The lowest BCUT2D eigenvalue weighted by molar-refractivity contribution is -0.129. The highest BCUT2D eigenvalue weighted by molar-refractivity contribution is 6.31. The second-order valence-corrected chi connectivity index (χ2v) is 9.42. The second-order valence-electron chi connectivity index (χ2n) is 8.98. The molecule has 1 N–H and O–H groups in total. The molecule has 2 fully saturated rings. The number of hydrogen-bond acceptors (Lipinski definition) is 5. The molecule has 1 aromatic heterocycles. The van der Waals surface area contributed by atoms with Gasteiger partial charge in [0.15, 0.2) is 0 Å². The minimum Gasteiger partial charge on any atom is -0.375 e. The number of carbonyl (C=O) groups is 1. The minimum absolute atomic E-state index is 0.0832. The van der Waals surface area contributed by atoms with E-state index in [0.717, 1.165) is 68.9 Å². The lowest BCUT2D eigenvalue weighted by Crippen LogP contribution is -2.48. The molecule has 0 saturated carbocycles. The maximum atomic E-state index is 11.7. The molecular weight excluding hydrogens is 400 g/mol. The highest BCUT2D eigenvalue weighted by Crippen LogP contribution is 2.28. The number of fused-ring (bicyclic) bond motifs is 1. The van der Waals surface area contributed by atoms with Crippen molar-refractivity contribution in [3.8, 4) is 0 Å². The van der Waals surface area contributed by atoms with Crippen LogP contribution in [0.3, 0.4) is 0 Å². The zero-order valence-electron chi connectivity index (χ0n) is 18.1. The number of rotatable bonds is 4. The summed E-state index contributed by atoms with van der Waals surface area (Å²) in [5.41, 5.74) is 2.01. The first kappa shape index (κ1) is 21.3. The van der Waals surface area contributed by atoms with Crippen LogP contribution in [0.2, 0.25) is 5.02 Å². The number of hydrogen-bond donors (Lipinski definition) is 1. The summed E-state index contributed by atoms with van der Waals surface area (Å²) >= 11 is 6.22. The molecule has 2 aliphatic rings. The van der Waals surface area contributed by atoms with Gasteiger partial charge in [-0.15, -0.1) is 0 Å². The Balaban J connectivity index is 1.58. The second kappa shape index (κ2) is 8.69. The van der Waals surface area contributed by atoms with Crippen LogP contribution in [0.5, 0.6) is 0 Å². The van der Waals surface area contributed by atoms with E-state index < -0.39 is 0 Å². The maximum absolute atomic E-state index is 11.7. The van der Waals surface area contributed by atoms with Crippen molar-refractivity contribution in [2.24, 2.45) is 0 Å². The number of amides is 1. The number of anilines is 1. The van der Waals surface area contributed by atoms with Crippen LogP contribution < -0.4 is 10.2 Å². The fourth-order valence-electron chi connectivity index (χ4n) is 4.47. The van der Waals surface area contributed by atoms with E-state index >= 15 is 0 Å². The van der Waals surface area contributed by atoms with Crippen LogP contribution in [-0.2, 0) is 16.1 Å². The molecule has 162 valence electrons. The van der Waals surface area contributed by atoms with Crippen molar-refractivity contribution < 1.29 is 9.53 Å². The van der Waals surface area contributed by atoms with E-state index in [1.807, 2.05) is 23.1 Å². The molecule has 0 bridgehead atoms. The van der Waals surface area contributed by atoms with E-state index in [4.69, 9.17) is 21.3 Å². The van der Waals surface area contributed by atoms with Crippen LogP contribution in [0.15, 0.2) is 24.3 Å². The fraction of sp³-hybridized carbons (Fsp3) is 0.565. The van der Waals surface area contributed by atoms with Crippen molar-refractivity contribution in [1.29, 1.82) is 0 Å². The summed E-state index contributed by atoms with van der Waals surface area (Å²) < 4.78 is 5.86. The quantitative estimate of drug-likeness (QED) is 0.803. The van der Waals surface area contributed by atoms with Gasteiger partial charge in [0.2, 0.25) is 5.91 Å². The molecule has 4 rings (SSSR count). The zero-order chi connectivity index (χ0) is 21.3. The number of ether oxygens (including phenoxy) is 1. The molecule has 7 heteroatoms. The highest BCUT2D eigenvalue weighted by Gasteiger charge is 2.29. The van der Waals surface area contributed by atoms with E-state index in [9.17, 15) is 4.79 Å². The average molecular weight is 431 g/mol. The van der Waals surface area contributed by atoms with Gasteiger partial charge in [0.05, 0.1) is 11.1 Å². The van der Waals surface area contributed by atoms with Crippen molar-refractivity contribution in [1.82, 2.24) is 15.2 Å². The number of pyridine rings is 1. The molecule has 30 heavy (non-hydrogen) atoms. The molecule has 2 aromatic rings. The smallest absolute Gasteiger partial charge is 0.219 e. The van der Waals surface area contributed by atoms with Crippen molar-refractivity contribution in [2.45, 2.75) is 51.8 Å². The van der Waals surface area contributed by atoms with E-state index in [1.54, 1.807) is 6.92 Å². The lowest BCUT2D eigenvalue weighted by atomic mass is 9.94. The Morgan fingerprint density at radius 1 is 1.27 bits per heavy atom. The van der Waals surface area contributed by atoms with Gasteiger partial charge < -0.3 is 19.9 Å². The van der Waals surface area contributed by atoms with Gasteiger partial charge in [0, 0.05) is 68.3 Å². The number of nitrogens with one attached hydrogen (secondary N) is 1. The third-order valence-corrected chi connectivity index (χ3v) is 6.37. The standard InChI is InChI=1S/C23H31ClN4O2/c1-16(29)27-7-9-28(10-8-27)22-18(12-17-4-5-19(24)13-21(17)26-22)15-25-20-6-11-30-23(2,3)14-20/h4-5,12-13,20,25H,6-11,14-15H2,1-3H3. The Morgan fingerprint density at radius 3 is 2.73 bits per heavy atom. The summed E-state index contributed by atoms with van der Waals surface area (Å²) in [4.78, 5) is 20.9. The molecule has 0 spiro atoms. The Kier molecular flexibility index (Phi) is 6.19. The SMILES string of the molecule is CC(=O)N1CCN(c2nc3cc(Cl)ccc3cc2CNC2CCOC(C)(C)C2)CC1. The van der Waals surface area contributed by atoms with Crippen LogP contribution in [0.1, 0.15) is 39.2 Å². The highest BCUT2D eigenvalue weighted by atomic mass is 35.5.